The van der Waals surface area contributed by atoms with Gasteiger partial charge in [0.05, 0.1) is 19.3 Å². The van der Waals surface area contributed by atoms with E-state index in [0.29, 0.717) is 6.42 Å². The van der Waals surface area contributed by atoms with Crippen LogP contribution in [-0.2, 0) is 9.47 Å². The number of aromatic hydroxyl groups is 1. The molecule has 0 aromatic heterocycles. The van der Waals surface area contributed by atoms with E-state index in [2.05, 4.69) is 0 Å². The Labute approximate surface area is 162 Å². The highest BCUT2D eigenvalue weighted by Gasteiger charge is 2.46. The Balaban J connectivity index is 1.78. The average Bonchev–Trinajstić information content (AvgIpc) is 2.64. The second-order valence-corrected chi connectivity index (χ2v) is 7.41. The highest BCUT2D eigenvalue weighted by Crippen LogP contribution is 2.40. The number of carbonyl (C=O) groups is 1. The number of cyclic esters (lactones) is 1. The van der Waals surface area contributed by atoms with Gasteiger partial charge < -0.3 is 39.7 Å². The Bertz CT molecular complexity index is 736. The fourth-order valence-electron chi connectivity index (χ4n) is 3.83. The minimum atomic E-state index is -1.92. The van der Waals surface area contributed by atoms with E-state index in [4.69, 9.17) is 14.2 Å². The van der Waals surface area contributed by atoms with Gasteiger partial charge in [0.1, 0.15) is 35.4 Å². The van der Waals surface area contributed by atoms with Gasteiger partial charge in [0.2, 0.25) is 0 Å². The summed E-state index contributed by atoms with van der Waals surface area (Å²) in [5.74, 6) is -2.94. The first-order valence-electron chi connectivity index (χ1n) is 9.22. The number of esters is 1. The van der Waals surface area contributed by atoms with Gasteiger partial charge in [-0.15, -0.1) is 0 Å². The van der Waals surface area contributed by atoms with Crippen LogP contribution in [-0.4, -0.2) is 68.8 Å². The molecule has 0 radical (unpaired) electrons. The lowest BCUT2D eigenvalue weighted by Gasteiger charge is -2.41. The number of phenolic OH excluding ortho intramolecular Hbond substituents is 1. The summed E-state index contributed by atoms with van der Waals surface area (Å²) in [6.07, 6.45) is -4.86. The summed E-state index contributed by atoms with van der Waals surface area (Å²) in [4.78, 5) is 12.3. The van der Waals surface area contributed by atoms with Gasteiger partial charge >= 0.3 is 5.97 Å². The lowest BCUT2D eigenvalue weighted by Crippen LogP contribution is -2.55. The van der Waals surface area contributed by atoms with E-state index in [1.54, 1.807) is 6.92 Å². The number of hydrogen-bond acceptors (Lipinski definition) is 9. The smallest absolute Gasteiger partial charge is 0.342 e. The van der Waals surface area contributed by atoms with E-state index < -0.39 is 41.9 Å². The van der Waals surface area contributed by atoms with Crippen LogP contribution in [0.2, 0.25) is 0 Å². The second-order valence-electron chi connectivity index (χ2n) is 7.41. The molecular weight excluding hydrogens is 372 g/mol. The van der Waals surface area contributed by atoms with Gasteiger partial charge in [-0.25, -0.2) is 4.79 Å². The maximum Gasteiger partial charge on any atom is 0.342 e. The van der Waals surface area contributed by atoms with E-state index in [1.807, 2.05) is 0 Å². The zero-order valence-electron chi connectivity index (χ0n) is 15.7. The van der Waals surface area contributed by atoms with Crippen molar-refractivity contribution in [1.82, 2.24) is 0 Å². The predicted octanol–water partition coefficient (Wildman–Crippen LogP) is 0.363. The van der Waals surface area contributed by atoms with Crippen molar-refractivity contribution in [3.63, 3.8) is 0 Å². The van der Waals surface area contributed by atoms with Crippen LogP contribution >= 0.6 is 0 Å². The number of benzene rings is 1. The molecule has 2 aliphatic rings. The third kappa shape index (κ3) is 3.81. The van der Waals surface area contributed by atoms with E-state index in [-0.39, 0.29) is 35.8 Å². The molecule has 5 N–H and O–H groups in total. The minimum Gasteiger partial charge on any atom is -0.507 e. The van der Waals surface area contributed by atoms with Crippen LogP contribution in [0.15, 0.2) is 12.1 Å². The molecule has 1 fully saturated rings. The summed E-state index contributed by atoms with van der Waals surface area (Å²) in [5.41, 5.74) is -0.0799. The van der Waals surface area contributed by atoms with E-state index >= 15 is 0 Å². The van der Waals surface area contributed by atoms with Crippen LogP contribution in [0.25, 0.3) is 0 Å². The van der Waals surface area contributed by atoms with Crippen molar-refractivity contribution in [2.24, 2.45) is 0 Å². The topological polar surface area (TPSA) is 146 Å². The lowest BCUT2D eigenvalue weighted by atomic mass is 9.88. The molecule has 2 heterocycles. The summed E-state index contributed by atoms with van der Waals surface area (Å²) in [6, 6.07) is 2.62. The Kier molecular flexibility index (Phi) is 5.83. The first kappa shape index (κ1) is 20.8. The second kappa shape index (κ2) is 7.84. The molecule has 9 heteroatoms. The number of aliphatic hydroxyl groups excluding tert-OH is 3. The van der Waals surface area contributed by atoms with Crippen molar-refractivity contribution in [1.29, 1.82) is 0 Å². The summed E-state index contributed by atoms with van der Waals surface area (Å²) >= 11 is 0. The molecule has 6 unspecified atom stereocenters. The molecule has 1 saturated heterocycles. The zero-order valence-corrected chi connectivity index (χ0v) is 15.7. The Hall–Kier alpha value is -1.91. The molecule has 0 aliphatic carbocycles. The third-order valence-electron chi connectivity index (χ3n) is 5.34. The van der Waals surface area contributed by atoms with Gasteiger partial charge in [-0.05, 0) is 25.8 Å². The first-order chi connectivity index (χ1) is 13.2. The van der Waals surface area contributed by atoms with Crippen LogP contribution in [0.3, 0.4) is 0 Å². The average molecular weight is 398 g/mol. The highest BCUT2D eigenvalue weighted by atomic mass is 16.6. The number of phenols is 1. The Morgan fingerprint density at radius 1 is 1.36 bits per heavy atom. The van der Waals surface area contributed by atoms with Gasteiger partial charge in [0, 0.05) is 24.5 Å². The maximum absolute atomic E-state index is 12.3. The van der Waals surface area contributed by atoms with E-state index in [9.17, 15) is 30.3 Å². The molecule has 2 aliphatic heterocycles. The zero-order chi connectivity index (χ0) is 20.6. The molecule has 28 heavy (non-hydrogen) atoms. The molecule has 156 valence electrons. The van der Waals surface area contributed by atoms with Crippen LogP contribution in [0.4, 0.5) is 0 Å². The number of carbonyl (C=O) groups excluding carboxylic acids is 1. The van der Waals surface area contributed by atoms with E-state index in [0.717, 1.165) is 6.42 Å². The quantitative estimate of drug-likeness (QED) is 0.444. The van der Waals surface area contributed by atoms with Crippen molar-refractivity contribution < 1.29 is 44.5 Å². The van der Waals surface area contributed by atoms with Gasteiger partial charge in [0.25, 0.3) is 0 Å². The van der Waals surface area contributed by atoms with Crippen LogP contribution < -0.4 is 4.74 Å². The first-order valence-corrected chi connectivity index (χ1v) is 9.22. The van der Waals surface area contributed by atoms with Crippen molar-refractivity contribution >= 4 is 5.97 Å². The SMILES string of the molecule is COc1cc(O)c2c(c1)C(O)C(CC(O)C(O)C1(O)CCCC(C)O1)OC2=O. The molecule has 0 amide bonds. The van der Waals surface area contributed by atoms with Crippen LogP contribution in [0.5, 0.6) is 11.5 Å². The normalized spacial score (nSPS) is 32.2. The Morgan fingerprint density at radius 3 is 2.71 bits per heavy atom. The summed E-state index contributed by atoms with van der Waals surface area (Å²) < 4.78 is 15.6. The summed E-state index contributed by atoms with van der Waals surface area (Å²) in [5, 5.41) is 52.0. The van der Waals surface area contributed by atoms with Gasteiger partial charge in [-0.2, -0.15) is 0 Å². The molecule has 0 spiro atoms. The minimum absolute atomic E-state index is 0.0982. The molecule has 6 atom stereocenters. The molecular formula is C19H26O9. The monoisotopic (exact) mass is 398 g/mol. The van der Waals surface area contributed by atoms with Crippen LogP contribution in [0.1, 0.15) is 54.6 Å². The molecule has 0 bridgehead atoms. The number of methoxy groups -OCH3 is 1. The Morgan fingerprint density at radius 2 is 2.07 bits per heavy atom. The number of fused-ring (bicyclic) bond motifs is 1. The molecule has 1 aromatic rings. The predicted molar refractivity (Wildman–Crippen MR) is 94.8 cm³/mol. The number of ether oxygens (including phenoxy) is 3. The van der Waals surface area contributed by atoms with Gasteiger partial charge in [0.15, 0.2) is 5.79 Å². The third-order valence-corrected chi connectivity index (χ3v) is 5.34. The highest BCUT2D eigenvalue weighted by molar-refractivity contribution is 5.95. The summed E-state index contributed by atoms with van der Waals surface area (Å²) in [6.45, 7) is 1.76. The van der Waals surface area contributed by atoms with Gasteiger partial charge in [-0.3, -0.25) is 0 Å². The fraction of sp³-hybridized carbons (Fsp3) is 0.632. The van der Waals surface area contributed by atoms with Crippen molar-refractivity contribution in [2.45, 2.75) is 68.9 Å². The fourth-order valence-corrected chi connectivity index (χ4v) is 3.83. The number of hydrogen-bond donors (Lipinski definition) is 5. The van der Waals surface area contributed by atoms with Crippen molar-refractivity contribution in [3.8, 4) is 11.5 Å². The molecule has 0 saturated carbocycles. The molecule has 1 aromatic carbocycles. The van der Waals surface area contributed by atoms with E-state index in [1.165, 1.54) is 19.2 Å². The maximum atomic E-state index is 12.3. The lowest BCUT2D eigenvalue weighted by molar-refractivity contribution is -0.308. The standard InChI is InChI=1S/C19H26O9/c1-9-4-3-5-19(25,28-9)17(23)13(21)8-14-16(22)11-6-10(26-2)7-12(20)15(11)18(24)27-14/h6-7,9,13-14,16-17,20-23,25H,3-5,8H2,1-2H3. The summed E-state index contributed by atoms with van der Waals surface area (Å²) in [7, 11) is 1.37. The number of aliphatic hydroxyl groups is 4. The van der Waals surface area contributed by atoms with Crippen molar-refractivity contribution in [3.05, 3.63) is 23.3 Å². The molecule has 3 rings (SSSR count). The van der Waals surface area contributed by atoms with Gasteiger partial charge in [-0.1, -0.05) is 0 Å². The molecule has 9 nitrogen and oxygen atoms in total. The number of rotatable bonds is 5. The van der Waals surface area contributed by atoms with Crippen LogP contribution in [0, 0.1) is 0 Å². The van der Waals surface area contributed by atoms with Crippen molar-refractivity contribution in [2.75, 3.05) is 7.11 Å². The largest absolute Gasteiger partial charge is 0.507 e.